The van der Waals surface area contributed by atoms with Gasteiger partial charge in [0.15, 0.2) is 11.5 Å². The van der Waals surface area contributed by atoms with Crippen LogP contribution < -0.4 is 9.47 Å². The van der Waals surface area contributed by atoms with Crippen LogP contribution in [0.3, 0.4) is 0 Å². The van der Waals surface area contributed by atoms with Gasteiger partial charge in [0, 0.05) is 26.1 Å². The lowest BCUT2D eigenvalue weighted by molar-refractivity contribution is -0.141. The van der Waals surface area contributed by atoms with Crippen LogP contribution in [0.5, 0.6) is 11.5 Å². The zero-order valence-electron chi connectivity index (χ0n) is 16.6. The van der Waals surface area contributed by atoms with Gasteiger partial charge < -0.3 is 19.3 Å². The van der Waals surface area contributed by atoms with E-state index >= 15 is 0 Å². The number of ether oxygens (including phenoxy) is 2. The van der Waals surface area contributed by atoms with E-state index in [4.69, 9.17) is 9.47 Å². The van der Waals surface area contributed by atoms with E-state index in [1.807, 2.05) is 62.4 Å². The molecule has 0 radical (unpaired) electrons. The van der Waals surface area contributed by atoms with E-state index in [9.17, 15) is 9.59 Å². The van der Waals surface area contributed by atoms with Gasteiger partial charge in [0.25, 0.3) is 0 Å². The highest BCUT2D eigenvalue weighted by Crippen LogP contribution is 2.32. The summed E-state index contributed by atoms with van der Waals surface area (Å²) < 4.78 is 10.7. The molecule has 1 aliphatic rings. The van der Waals surface area contributed by atoms with Crippen molar-refractivity contribution in [3.63, 3.8) is 0 Å². The minimum atomic E-state index is -0.144. The first kappa shape index (κ1) is 19.7. The van der Waals surface area contributed by atoms with E-state index in [1.54, 1.807) is 9.80 Å². The van der Waals surface area contributed by atoms with Gasteiger partial charge in [-0.2, -0.15) is 0 Å². The minimum Gasteiger partial charge on any atom is -0.454 e. The molecule has 0 saturated carbocycles. The number of hydrogen-bond acceptors (Lipinski definition) is 4. The highest BCUT2D eigenvalue weighted by molar-refractivity contribution is 5.84. The minimum absolute atomic E-state index is 0.0343. The van der Waals surface area contributed by atoms with Gasteiger partial charge in [-0.3, -0.25) is 9.59 Å². The number of carbonyl (C=O) groups is 2. The van der Waals surface area contributed by atoms with Crippen molar-refractivity contribution in [1.29, 1.82) is 0 Å². The van der Waals surface area contributed by atoms with Crippen LogP contribution in [0, 0.1) is 0 Å². The monoisotopic (exact) mass is 382 g/mol. The first-order valence-electron chi connectivity index (χ1n) is 9.41. The Balaban J connectivity index is 1.69. The maximum absolute atomic E-state index is 13.0. The molecule has 0 bridgehead atoms. The topological polar surface area (TPSA) is 59.1 Å². The molecular formula is C22H26N2O4. The molecule has 0 aromatic heterocycles. The number of hydrogen-bond donors (Lipinski definition) is 0. The molecule has 28 heavy (non-hydrogen) atoms. The summed E-state index contributed by atoms with van der Waals surface area (Å²) in [5.41, 5.74) is 1.96. The summed E-state index contributed by atoms with van der Waals surface area (Å²) in [6.07, 6.45) is 0. The Bertz CT molecular complexity index is 836. The molecule has 0 unspecified atom stereocenters. The molecular weight excluding hydrogens is 356 g/mol. The number of amides is 2. The number of benzene rings is 2. The third-order valence-electron chi connectivity index (χ3n) is 4.72. The fraction of sp³-hybridized carbons (Fsp3) is 0.364. The van der Waals surface area contributed by atoms with E-state index < -0.39 is 0 Å². The standard InChI is InChI=1S/C22H26N2O4/c1-16(2)24(13-18-7-5-4-6-8-18)22(26)14-23(17(3)25)12-19-9-10-20-21(11-19)28-15-27-20/h4-11,16H,12-15H2,1-3H3. The van der Waals surface area contributed by atoms with E-state index in [0.29, 0.717) is 24.6 Å². The first-order chi connectivity index (χ1) is 13.4. The van der Waals surface area contributed by atoms with E-state index in [0.717, 1.165) is 11.1 Å². The summed E-state index contributed by atoms with van der Waals surface area (Å²) >= 11 is 0. The highest BCUT2D eigenvalue weighted by atomic mass is 16.7. The molecule has 6 nitrogen and oxygen atoms in total. The van der Waals surface area contributed by atoms with E-state index in [-0.39, 0.29) is 31.2 Å². The Morgan fingerprint density at radius 1 is 0.964 bits per heavy atom. The number of carbonyl (C=O) groups excluding carboxylic acids is 2. The van der Waals surface area contributed by atoms with Gasteiger partial charge in [0.1, 0.15) is 6.54 Å². The van der Waals surface area contributed by atoms with Gasteiger partial charge in [0.2, 0.25) is 18.6 Å². The zero-order valence-corrected chi connectivity index (χ0v) is 16.6. The van der Waals surface area contributed by atoms with Crippen LogP contribution in [0.15, 0.2) is 48.5 Å². The van der Waals surface area contributed by atoms with Crippen molar-refractivity contribution in [2.24, 2.45) is 0 Å². The summed E-state index contributed by atoms with van der Waals surface area (Å²) in [6, 6.07) is 15.5. The van der Waals surface area contributed by atoms with Crippen LogP contribution in [0.2, 0.25) is 0 Å². The molecule has 1 heterocycles. The fourth-order valence-electron chi connectivity index (χ4n) is 3.13. The SMILES string of the molecule is CC(=O)N(CC(=O)N(Cc1ccccc1)C(C)C)Cc1ccc2c(c1)OCO2. The summed E-state index contributed by atoms with van der Waals surface area (Å²) in [5, 5.41) is 0. The van der Waals surface area contributed by atoms with Gasteiger partial charge in [-0.05, 0) is 37.1 Å². The lowest BCUT2D eigenvalue weighted by atomic mass is 10.1. The molecule has 1 aliphatic heterocycles. The molecule has 0 fully saturated rings. The molecule has 2 aromatic carbocycles. The molecule has 0 atom stereocenters. The Morgan fingerprint density at radius 3 is 2.36 bits per heavy atom. The Kier molecular flexibility index (Phi) is 6.19. The molecule has 2 amide bonds. The quantitative estimate of drug-likeness (QED) is 0.738. The van der Waals surface area contributed by atoms with Crippen molar-refractivity contribution in [3.8, 4) is 11.5 Å². The maximum atomic E-state index is 13.0. The maximum Gasteiger partial charge on any atom is 0.242 e. The third kappa shape index (κ3) is 4.82. The molecule has 0 spiro atoms. The van der Waals surface area contributed by atoms with Gasteiger partial charge in [-0.25, -0.2) is 0 Å². The van der Waals surface area contributed by atoms with Crippen molar-refractivity contribution >= 4 is 11.8 Å². The second-order valence-electron chi connectivity index (χ2n) is 7.16. The summed E-state index contributed by atoms with van der Waals surface area (Å²) in [7, 11) is 0. The summed E-state index contributed by atoms with van der Waals surface area (Å²) in [6.45, 7) is 6.55. The smallest absolute Gasteiger partial charge is 0.242 e. The van der Waals surface area contributed by atoms with E-state index in [1.165, 1.54) is 6.92 Å². The fourth-order valence-corrected chi connectivity index (χ4v) is 3.13. The van der Waals surface area contributed by atoms with Crippen molar-refractivity contribution in [3.05, 3.63) is 59.7 Å². The Hall–Kier alpha value is -3.02. The molecule has 3 rings (SSSR count). The Labute approximate surface area is 165 Å². The number of nitrogens with zero attached hydrogens (tertiary/aromatic N) is 2. The van der Waals surface area contributed by atoms with Gasteiger partial charge in [-0.15, -0.1) is 0 Å². The van der Waals surface area contributed by atoms with Gasteiger partial charge in [0.05, 0.1) is 0 Å². The predicted octanol–water partition coefficient (Wildman–Crippen LogP) is 3.20. The molecule has 0 N–H and O–H groups in total. The van der Waals surface area contributed by atoms with Crippen LogP contribution in [0.25, 0.3) is 0 Å². The van der Waals surface area contributed by atoms with Crippen LogP contribution in [0.1, 0.15) is 31.9 Å². The summed E-state index contributed by atoms with van der Waals surface area (Å²) in [4.78, 5) is 28.5. The third-order valence-corrected chi connectivity index (χ3v) is 4.72. The molecule has 0 saturated heterocycles. The molecule has 6 heteroatoms. The average Bonchev–Trinajstić information content (AvgIpc) is 3.13. The highest BCUT2D eigenvalue weighted by Gasteiger charge is 2.22. The molecule has 148 valence electrons. The molecule has 2 aromatic rings. The second-order valence-corrected chi connectivity index (χ2v) is 7.16. The van der Waals surface area contributed by atoms with Crippen LogP contribution in [-0.2, 0) is 22.7 Å². The van der Waals surface area contributed by atoms with Crippen LogP contribution >= 0.6 is 0 Å². The zero-order chi connectivity index (χ0) is 20.1. The first-order valence-corrected chi connectivity index (χ1v) is 9.41. The summed E-state index contributed by atoms with van der Waals surface area (Å²) in [5.74, 6) is 1.15. The normalized spacial score (nSPS) is 12.1. The lowest BCUT2D eigenvalue weighted by Gasteiger charge is -2.30. The van der Waals surface area contributed by atoms with Gasteiger partial charge in [-0.1, -0.05) is 36.4 Å². The second kappa shape index (κ2) is 8.78. The molecule has 0 aliphatic carbocycles. The van der Waals surface area contributed by atoms with Crippen molar-refractivity contribution in [2.75, 3.05) is 13.3 Å². The van der Waals surface area contributed by atoms with Crippen LogP contribution in [-0.4, -0.2) is 41.0 Å². The largest absolute Gasteiger partial charge is 0.454 e. The predicted molar refractivity (Wildman–Crippen MR) is 106 cm³/mol. The lowest BCUT2D eigenvalue weighted by Crippen LogP contribution is -2.44. The Morgan fingerprint density at radius 2 is 1.68 bits per heavy atom. The van der Waals surface area contributed by atoms with Crippen molar-refractivity contribution in [2.45, 2.75) is 39.9 Å². The van der Waals surface area contributed by atoms with Crippen molar-refractivity contribution in [1.82, 2.24) is 9.80 Å². The van der Waals surface area contributed by atoms with Crippen molar-refractivity contribution < 1.29 is 19.1 Å². The van der Waals surface area contributed by atoms with Gasteiger partial charge >= 0.3 is 0 Å². The van der Waals surface area contributed by atoms with Crippen LogP contribution in [0.4, 0.5) is 0 Å². The number of fused-ring (bicyclic) bond motifs is 1. The average molecular weight is 382 g/mol. The number of rotatable bonds is 7. The van der Waals surface area contributed by atoms with E-state index in [2.05, 4.69) is 0 Å².